The third-order valence-electron chi connectivity index (χ3n) is 6.51. The number of benzene rings is 2. The molecule has 1 saturated heterocycles. The van der Waals surface area contributed by atoms with Gasteiger partial charge < -0.3 is 23.7 Å². The van der Waals surface area contributed by atoms with Crippen LogP contribution in [0.15, 0.2) is 36.4 Å². The number of carbonyl (C=O) groups is 1. The number of ether oxygens (including phenoxy) is 3. The normalized spacial score (nSPS) is 20.1. The number of hydrogen-bond donors (Lipinski definition) is 0. The van der Waals surface area contributed by atoms with Crippen molar-refractivity contribution < 1.29 is 19.0 Å². The molecule has 0 saturated carbocycles. The van der Waals surface area contributed by atoms with Crippen LogP contribution < -0.4 is 14.2 Å². The van der Waals surface area contributed by atoms with Crippen LogP contribution in [-0.4, -0.2) is 43.2 Å². The number of hydrogen-bond acceptors (Lipinski definition) is 4. The predicted octanol–water partition coefficient (Wildman–Crippen LogP) is 3.70. The lowest BCUT2D eigenvalue weighted by Crippen LogP contribution is -2.39. The Morgan fingerprint density at radius 1 is 0.966 bits per heavy atom. The minimum Gasteiger partial charge on any atom is -0.497 e. The molecule has 6 nitrogen and oxygen atoms in total. The topological polar surface area (TPSA) is 52.9 Å². The molecule has 2 aliphatic rings. The fourth-order valence-electron chi connectivity index (χ4n) is 5.22. The van der Waals surface area contributed by atoms with E-state index in [2.05, 4.69) is 12.1 Å². The summed E-state index contributed by atoms with van der Waals surface area (Å²) >= 11 is 0. The Kier molecular flexibility index (Phi) is 3.81. The van der Waals surface area contributed by atoms with Gasteiger partial charge in [0.1, 0.15) is 11.4 Å². The maximum absolute atomic E-state index is 13.5. The van der Waals surface area contributed by atoms with Crippen molar-refractivity contribution >= 4 is 16.8 Å². The Bertz CT molecular complexity index is 1130. The number of methoxy groups -OCH3 is 3. The largest absolute Gasteiger partial charge is 0.497 e. The van der Waals surface area contributed by atoms with Crippen molar-refractivity contribution in [2.75, 3.05) is 27.9 Å². The molecule has 0 radical (unpaired) electrons. The van der Waals surface area contributed by atoms with Crippen molar-refractivity contribution in [3.05, 3.63) is 53.2 Å². The van der Waals surface area contributed by atoms with Crippen LogP contribution in [0.2, 0.25) is 0 Å². The summed E-state index contributed by atoms with van der Waals surface area (Å²) in [6, 6.07) is 12.1. The van der Waals surface area contributed by atoms with E-state index in [-0.39, 0.29) is 5.91 Å². The van der Waals surface area contributed by atoms with Gasteiger partial charge in [-0.3, -0.25) is 4.79 Å². The average Bonchev–Trinajstić information content (AvgIpc) is 3.38. The molecule has 1 atom stereocenters. The molecule has 0 spiro atoms. The van der Waals surface area contributed by atoms with E-state index in [1.807, 2.05) is 40.8 Å². The van der Waals surface area contributed by atoms with Crippen molar-refractivity contribution in [1.82, 2.24) is 9.47 Å². The first-order valence-corrected chi connectivity index (χ1v) is 9.78. The molecule has 2 aliphatic heterocycles. The molecule has 0 aliphatic carbocycles. The van der Waals surface area contributed by atoms with Crippen LogP contribution in [0.3, 0.4) is 0 Å². The molecule has 3 aromatic rings. The third kappa shape index (κ3) is 2.14. The van der Waals surface area contributed by atoms with Gasteiger partial charge in [0.15, 0.2) is 11.5 Å². The van der Waals surface area contributed by atoms with Crippen LogP contribution >= 0.6 is 0 Å². The standard InChI is InChI=1S/C23H24N2O4/c1-24-17-13-19(29-4)18(28-3)12-16(17)20-21(24)22(26)25-11-5-10-23(20,25)14-6-8-15(27-2)9-7-14/h6-9,12-13H,5,10-11H2,1-4H3. The van der Waals surface area contributed by atoms with Crippen molar-refractivity contribution in [1.29, 1.82) is 0 Å². The molecule has 1 unspecified atom stereocenters. The lowest BCUT2D eigenvalue weighted by atomic mass is 9.81. The monoisotopic (exact) mass is 392 g/mol. The second-order valence-corrected chi connectivity index (χ2v) is 7.66. The summed E-state index contributed by atoms with van der Waals surface area (Å²) in [7, 11) is 6.88. The maximum Gasteiger partial charge on any atom is 0.271 e. The van der Waals surface area contributed by atoms with Gasteiger partial charge in [0.25, 0.3) is 5.91 Å². The number of aryl methyl sites for hydroxylation is 1. The van der Waals surface area contributed by atoms with Crippen molar-refractivity contribution in [3.8, 4) is 17.2 Å². The Balaban J connectivity index is 1.84. The van der Waals surface area contributed by atoms with Crippen LogP contribution in [0.4, 0.5) is 0 Å². The van der Waals surface area contributed by atoms with Crippen molar-refractivity contribution in [2.24, 2.45) is 7.05 Å². The maximum atomic E-state index is 13.5. The zero-order valence-corrected chi connectivity index (χ0v) is 17.1. The van der Waals surface area contributed by atoms with E-state index in [0.717, 1.165) is 52.9 Å². The molecule has 1 aromatic heterocycles. The SMILES string of the molecule is COc1ccc(C23CCCN2C(=O)c2c3c3cc(OC)c(OC)cc3n2C)cc1. The van der Waals surface area contributed by atoms with Crippen LogP contribution in [0.5, 0.6) is 17.2 Å². The number of rotatable bonds is 4. The highest BCUT2D eigenvalue weighted by Gasteiger charge is 2.56. The first-order chi connectivity index (χ1) is 14.1. The quantitative estimate of drug-likeness (QED) is 0.679. The van der Waals surface area contributed by atoms with Gasteiger partial charge in [-0.1, -0.05) is 12.1 Å². The molecule has 29 heavy (non-hydrogen) atoms. The summed E-state index contributed by atoms with van der Waals surface area (Å²) in [5, 5.41) is 1.04. The number of nitrogens with zero attached hydrogens (tertiary/aromatic N) is 2. The van der Waals surface area contributed by atoms with Gasteiger partial charge in [-0.2, -0.15) is 0 Å². The van der Waals surface area contributed by atoms with Crippen LogP contribution in [0.25, 0.3) is 10.9 Å². The van der Waals surface area contributed by atoms with Gasteiger partial charge in [0.05, 0.1) is 32.4 Å². The van der Waals surface area contributed by atoms with E-state index < -0.39 is 5.54 Å². The van der Waals surface area contributed by atoms with E-state index >= 15 is 0 Å². The highest BCUT2D eigenvalue weighted by molar-refractivity contribution is 6.08. The smallest absolute Gasteiger partial charge is 0.271 e. The zero-order chi connectivity index (χ0) is 20.3. The Morgan fingerprint density at radius 2 is 1.66 bits per heavy atom. The molecule has 3 heterocycles. The molecule has 1 fully saturated rings. The van der Waals surface area contributed by atoms with Gasteiger partial charge in [-0.15, -0.1) is 0 Å². The van der Waals surface area contributed by atoms with E-state index in [1.54, 1.807) is 21.3 Å². The Morgan fingerprint density at radius 3 is 2.31 bits per heavy atom. The predicted molar refractivity (Wildman–Crippen MR) is 110 cm³/mol. The van der Waals surface area contributed by atoms with Crippen molar-refractivity contribution in [3.63, 3.8) is 0 Å². The number of carbonyl (C=O) groups excluding carboxylic acids is 1. The second kappa shape index (κ2) is 6.17. The number of amides is 1. The number of fused-ring (bicyclic) bond motifs is 5. The molecule has 0 N–H and O–H groups in total. The minimum absolute atomic E-state index is 0.0879. The minimum atomic E-state index is -0.461. The molecule has 2 aromatic carbocycles. The highest BCUT2D eigenvalue weighted by atomic mass is 16.5. The van der Waals surface area contributed by atoms with Crippen LogP contribution in [-0.2, 0) is 12.6 Å². The van der Waals surface area contributed by atoms with Crippen LogP contribution in [0.1, 0.15) is 34.5 Å². The fraction of sp³-hybridized carbons (Fsp3) is 0.348. The summed E-state index contributed by atoms with van der Waals surface area (Å²) in [5.74, 6) is 2.23. The molecular formula is C23H24N2O4. The molecule has 0 bridgehead atoms. The summed E-state index contributed by atoms with van der Waals surface area (Å²) in [6.07, 6.45) is 1.87. The molecule has 1 amide bonds. The highest BCUT2D eigenvalue weighted by Crippen LogP contribution is 2.55. The van der Waals surface area contributed by atoms with E-state index in [0.29, 0.717) is 11.5 Å². The van der Waals surface area contributed by atoms with Crippen LogP contribution in [0, 0.1) is 0 Å². The van der Waals surface area contributed by atoms with Gasteiger partial charge in [0, 0.05) is 30.6 Å². The van der Waals surface area contributed by atoms with Gasteiger partial charge in [-0.05, 0) is 36.6 Å². The zero-order valence-electron chi connectivity index (χ0n) is 17.1. The molecular weight excluding hydrogens is 368 g/mol. The summed E-state index contributed by atoms with van der Waals surface area (Å²) in [5.41, 5.74) is 3.46. The van der Waals surface area contributed by atoms with Gasteiger partial charge in [0.2, 0.25) is 0 Å². The van der Waals surface area contributed by atoms with Crippen molar-refractivity contribution in [2.45, 2.75) is 18.4 Å². The van der Waals surface area contributed by atoms with E-state index in [9.17, 15) is 4.79 Å². The first kappa shape index (κ1) is 17.9. The third-order valence-corrected chi connectivity index (χ3v) is 6.51. The molecule has 150 valence electrons. The molecule has 5 rings (SSSR count). The second-order valence-electron chi connectivity index (χ2n) is 7.66. The lowest BCUT2D eigenvalue weighted by molar-refractivity contribution is 0.0705. The summed E-state index contributed by atoms with van der Waals surface area (Å²) in [6.45, 7) is 0.758. The Labute approximate surface area is 169 Å². The fourth-order valence-corrected chi connectivity index (χ4v) is 5.22. The first-order valence-electron chi connectivity index (χ1n) is 9.78. The van der Waals surface area contributed by atoms with E-state index in [1.165, 1.54) is 0 Å². The van der Waals surface area contributed by atoms with Gasteiger partial charge in [-0.25, -0.2) is 0 Å². The summed E-state index contributed by atoms with van der Waals surface area (Å²) < 4.78 is 18.4. The van der Waals surface area contributed by atoms with E-state index in [4.69, 9.17) is 14.2 Å². The average molecular weight is 392 g/mol. The number of aromatic nitrogens is 1. The lowest BCUT2D eigenvalue weighted by Gasteiger charge is -2.34. The molecule has 6 heteroatoms. The van der Waals surface area contributed by atoms with Gasteiger partial charge >= 0.3 is 0 Å². The Hall–Kier alpha value is -3.15. The summed E-state index contributed by atoms with van der Waals surface area (Å²) in [4.78, 5) is 15.5.